The highest BCUT2D eigenvalue weighted by Crippen LogP contribution is 2.25. The van der Waals surface area contributed by atoms with Crippen LogP contribution in [0.3, 0.4) is 0 Å². The summed E-state index contributed by atoms with van der Waals surface area (Å²) in [5.41, 5.74) is 1.17. The molecule has 0 aliphatic carbocycles. The van der Waals surface area contributed by atoms with Crippen molar-refractivity contribution in [2.45, 2.75) is 10.9 Å². The number of aromatic nitrogens is 3. The van der Waals surface area contributed by atoms with Gasteiger partial charge in [0.15, 0.2) is 0 Å². The van der Waals surface area contributed by atoms with E-state index in [4.69, 9.17) is 15.3 Å². The molecule has 0 fully saturated rings. The molecular weight excluding hydrogens is 366 g/mol. The van der Waals surface area contributed by atoms with Gasteiger partial charge in [-0.1, -0.05) is 36.0 Å². The van der Waals surface area contributed by atoms with Gasteiger partial charge in [-0.05, 0) is 29.8 Å². The first-order chi connectivity index (χ1) is 13.1. The topological polar surface area (TPSA) is 104 Å². The van der Waals surface area contributed by atoms with Gasteiger partial charge in [0.25, 0.3) is 0 Å². The van der Waals surface area contributed by atoms with E-state index in [0.29, 0.717) is 22.3 Å². The predicted octanol–water partition coefficient (Wildman–Crippen LogP) is 2.41. The number of ether oxygens (including phenoxy) is 2. The summed E-state index contributed by atoms with van der Waals surface area (Å²) in [7, 11) is 3.17. The minimum Gasteiger partial charge on any atom is -0.497 e. The first kappa shape index (κ1) is 18.6. The van der Waals surface area contributed by atoms with Crippen LogP contribution in [-0.2, 0) is 5.75 Å². The van der Waals surface area contributed by atoms with E-state index >= 15 is 0 Å². The van der Waals surface area contributed by atoms with Crippen LogP contribution in [0, 0.1) is 0 Å². The van der Waals surface area contributed by atoms with E-state index in [0.717, 1.165) is 16.0 Å². The Labute approximate surface area is 160 Å². The first-order valence-corrected chi connectivity index (χ1v) is 9.01. The molecule has 2 aromatic carbocycles. The molecular formula is C18H19N5O3S. The normalized spacial score (nSPS) is 10.4. The standard InChI is InChI=1S/C18H19N5O3S/c1-25-13-9-7-12(8-10-13)11-27-18-22-21-16(17(24)23(18)19)20-14-5-3-4-6-15(14)26-2/h3-10H,11,19H2,1-2H3,(H,20,21). The van der Waals surface area contributed by atoms with Gasteiger partial charge in [0.2, 0.25) is 11.0 Å². The van der Waals surface area contributed by atoms with Gasteiger partial charge in [0.1, 0.15) is 11.5 Å². The summed E-state index contributed by atoms with van der Waals surface area (Å²) in [6.45, 7) is 0. The highest BCUT2D eigenvalue weighted by molar-refractivity contribution is 7.98. The van der Waals surface area contributed by atoms with Crippen LogP contribution in [0.15, 0.2) is 58.5 Å². The van der Waals surface area contributed by atoms with Crippen LogP contribution in [0.4, 0.5) is 11.5 Å². The van der Waals surface area contributed by atoms with Gasteiger partial charge in [-0.25, -0.2) is 0 Å². The second-order valence-corrected chi connectivity index (χ2v) is 6.41. The van der Waals surface area contributed by atoms with E-state index in [1.807, 2.05) is 36.4 Å². The van der Waals surface area contributed by atoms with Gasteiger partial charge >= 0.3 is 5.56 Å². The largest absolute Gasteiger partial charge is 0.497 e. The average Bonchev–Trinajstić information content (AvgIpc) is 2.71. The van der Waals surface area contributed by atoms with Crippen molar-refractivity contribution >= 4 is 23.3 Å². The molecule has 9 heteroatoms. The van der Waals surface area contributed by atoms with Crippen molar-refractivity contribution in [2.24, 2.45) is 0 Å². The lowest BCUT2D eigenvalue weighted by molar-refractivity contribution is 0.414. The number of benzene rings is 2. The molecule has 0 aliphatic heterocycles. The summed E-state index contributed by atoms with van der Waals surface area (Å²) >= 11 is 1.32. The molecule has 0 atom stereocenters. The molecule has 0 aliphatic rings. The van der Waals surface area contributed by atoms with Gasteiger partial charge in [-0.2, -0.15) is 4.68 Å². The smallest absolute Gasteiger partial charge is 0.315 e. The highest BCUT2D eigenvalue weighted by Gasteiger charge is 2.13. The zero-order valence-electron chi connectivity index (χ0n) is 14.9. The van der Waals surface area contributed by atoms with Crippen LogP contribution in [-0.4, -0.2) is 29.1 Å². The predicted molar refractivity (Wildman–Crippen MR) is 105 cm³/mol. The number of nitrogens with two attached hydrogens (primary N) is 1. The van der Waals surface area contributed by atoms with Gasteiger partial charge in [0.05, 0.1) is 19.9 Å². The Balaban J connectivity index is 1.75. The molecule has 140 valence electrons. The van der Waals surface area contributed by atoms with E-state index in [9.17, 15) is 4.79 Å². The molecule has 3 aromatic rings. The lowest BCUT2D eigenvalue weighted by Crippen LogP contribution is -2.32. The number of hydrogen-bond donors (Lipinski definition) is 2. The Morgan fingerprint density at radius 2 is 1.81 bits per heavy atom. The molecule has 1 aromatic heterocycles. The Morgan fingerprint density at radius 3 is 2.52 bits per heavy atom. The summed E-state index contributed by atoms with van der Waals surface area (Å²) < 4.78 is 11.4. The molecule has 27 heavy (non-hydrogen) atoms. The third kappa shape index (κ3) is 4.32. The number of methoxy groups -OCH3 is 2. The minimum atomic E-state index is -0.479. The summed E-state index contributed by atoms with van der Waals surface area (Å²) in [4.78, 5) is 12.5. The van der Waals surface area contributed by atoms with Crippen LogP contribution in [0.1, 0.15) is 5.56 Å². The first-order valence-electron chi connectivity index (χ1n) is 8.03. The van der Waals surface area contributed by atoms with Gasteiger partial charge in [0, 0.05) is 5.75 Å². The van der Waals surface area contributed by atoms with Crippen molar-refractivity contribution in [1.82, 2.24) is 14.9 Å². The quantitative estimate of drug-likeness (QED) is 0.472. The molecule has 1 heterocycles. The number of nitrogens with zero attached hydrogens (tertiary/aromatic N) is 3. The van der Waals surface area contributed by atoms with Crippen LogP contribution in [0.5, 0.6) is 11.5 Å². The third-order valence-electron chi connectivity index (χ3n) is 3.75. The van der Waals surface area contributed by atoms with Crippen molar-refractivity contribution in [2.75, 3.05) is 25.4 Å². The zero-order chi connectivity index (χ0) is 19.2. The maximum absolute atomic E-state index is 12.5. The van der Waals surface area contributed by atoms with Crippen molar-refractivity contribution in [3.05, 3.63) is 64.4 Å². The number of anilines is 2. The molecule has 0 bridgehead atoms. The summed E-state index contributed by atoms with van der Waals surface area (Å²) in [5.74, 6) is 7.89. The molecule has 0 radical (unpaired) electrons. The van der Waals surface area contributed by atoms with Gasteiger partial charge in [-0.3, -0.25) is 4.79 Å². The Kier molecular flexibility index (Phi) is 5.82. The highest BCUT2D eigenvalue weighted by atomic mass is 32.2. The summed E-state index contributed by atoms with van der Waals surface area (Å²) in [6.07, 6.45) is 0. The molecule has 0 unspecified atom stereocenters. The number of thioether (sulfide) groups is 1. The number of nitrogens with one attached hydrogen (secondary N) is 1. The summed E-state index contributed by atoms with van der Waals surface area (Å²) in [5, 5.41) is 11.3. The van der Waals surface area contributed by atoms with E-state index in [-0.39, 0.29) is 5.82 Å². The van der Waals surface area contributed by atoms with Crippen LogP contribution in [0.2, 0.25) is 0 Å². The minimum absolute atomic E-state index is 0.0239. The van der Waals surface area contributed by atoms with E-state index in [2.05, 4.69) is 15.5 Å². The lowest BCUT2D eigenvalue weighted by Gasteiger charge is -2.11. The molecule has 0 saturated heterocycles. The third-order valence-corrected chi connectivity index (χ3v) is 4.76. The Morgan fingerprint density at radius 1 is 1.07 bits per heavy atom. The van der Waals surface area contributed by atoms with Crippen molar-refractivity contribution in [3.8, 4) is 11.5 Å². The van der Waals surface area contributed by atoms with Crippen LogP contribution < -0.4 is 26.2 Å². The summed E-state index contributed by atoms with van der Waals surface area (Å²) in [6, 6.07) is 14.8. The molecule has 0 spiro atoms. The van der Waals surface area contributed by atoms with E-state index in [1.54, 1.807) is 26.4 Å². The van der Waals surface area contributed by atoms with Crippen molar-refractivity contribution < 1.29 is 9.47 Å². The maximum Gasteiger partial charge on any atom is 0.315 e. The number of hydrogen-bond acceptors (Lipinski definition) is 8. The fourth-order valence-electron chi connectivity index (χ4n) is 2.31. The fraction of sp³-hybridized carbons (Fsp3) is 0.167. The number of para-hydroxylation sites is 2. The monoisotopic (exact) mass is 385 g/mol. The average molecular weight is 385 g/mol. The Bertz CT molecular complexity index is 975. The Hall–Kier alpha value is -3.20. The van der Waals surface area contributed by atoms with Gasteiger partial charge < -0.3 is 20.6 Å². The SMILES string of the molecule is COc1ccc(CSc2nnc(Nc3ccccc3OC)c(=O)n2N)cc1. The second kappa shape index (κ2) is 8.45. The maximum atomic E-state index is 12.5. The molecule has 8 nitrogen and oxygen atoms in total. The number of rotatable bonds is 7. The van der Waals surface area contributed by atoms with Crippen molar-refractivity contribution in [3.63, 3.8) is 0 Å². The van der Waals surface area contributed by atoms with Crippen molar-refractivity contribution in [1.29, 1.82) is 0 Å². The lowest BCUT2D eigenvalue weighted by atomic mass is 10.2. The van der Waals surface area contributed by atoms with Crippen LogP contribution >= 0.6 is 11.8 Å². The molecule has 3 N–H and O–H groups in total. The molecule has 3 rings (SSSR count). The molecule has 0 saturated carbocycles. The van der Waals surface area contributed by atoms with Gasteiger partial charge in [-0.15, -0.1) is 10.2 Å². The van der Waals surface area contributed by atoms with E-state index in [1.165, 1.54) is 11.8 Å². The zero-order valence-corrected chi connectivity index (χ0v) is 15.7. The fourth-order valence-corrected chi connectivity index (χ4v) is 3.12. The molecule has 0 amide bonds. The van der Waals surface area contributed by atoms with Crippen LogP contribution in [0.25, 0.3) is 0 Å². The second-order valence-electron chi connectivity index (χ2n) is 5.47. The van der Waals surface area contributed by atoms with E-state index < -0.39 is 5.56 Å². The number of nitrogen functional groups attached to an aromatic ring is 1.